The Morgan fingerprint density at radius 3 is 2.62 bits per heavy atom. The molecule has 1 fully saturated rings. The summed E-state index contributed by atoms with van der Waals surface area (Å²) in [6.07, 6.45) is -0.778. The van der Waals surface area contributed by atoms with Gasteiger partial charge in [0, 0.05) is 38.8 Å². The molecule has 1 saturated heterocycles. The molecule has 1 aromatic rings. The molecule has 7 heteroatoms. The van der Waals surface area contributed by atoms with Gasteiger partial charge in [-0.15, -0.1) is 0 Å². The predicted molar refractivity (Wildman–Crippen MR) is 104 cm³/mol. The van der Waals surface area contributed by atoms with Crippen LogP contribution in [0, 0.1) is 11.3 Å². The van der Waals surface area contributed by atoms with E-state index in [-0.39, 0.29) is 6.04 Å². The monoisotopic (exact) mass is 374 g/mol. The van der Waals surface area contributed by atoms with E-state index in [1.807, 2.05) is 25.8 Å². The Morgan fingerprint density at radius 2 is 2.00 bits per heavy atom. The fourth-order valence-corrected chi connectivity index (χ4v) is 3.89. The summed E-state index contributed by atoms with van der Waals surface area (Å²) < 4.78 is 6.00. The average molecular weight is 375 g/mol. The van der Waals surface area contributed by atoms with Crippen molar-refractivity contribution >= 4 is 17.3 Å². The van der Waals surface area contributed by atoms with Gasteiger partial charge in [-0.2, -0.15) is 5.26 Å². The Morgan fingerprint density at radius 1 is 1.35 bits per heavy atom. The maximum Gasteiger partial charge on any atom is 0.172 e. The van der Waals surface area contributed by atoms with Gasteiger partial charge in [0.25, 0.3) is 0 Å². The first kappa shape index (κ1) is 18.9. The zero-order valence-corrected chi connectivity index (χ0v) is 16.6. The summed E-state index contributed by atoms with van der Waals surface area (Å²) >= 11 is 5.75. The molecule has 2 atom stereocenters. The number of rotatable bonds is 1. The van der Waals surface area contributed by atoms with Gasteiger partial charge in [-0.25, -0.2) is 0 Å². The fraction of sp³-hybridized carbons (Fsp3) is 0.579. The third-order valence-corrected chi connectivity index (χ3v) is 5.88. The molecule has 0 bridgehead atoms. The molecule has 3 rings (SSSR count). The van der Waals surface area contributed by atoms with E-state index >= 15 is 0 Å². The highest BCUT2D eigenvalue weighted by molar-refractivity contribution is 7.80. The van der Waals surface area contributed by atoms with Gasteiger partial charge in [0.2, 0.25) is 0 Å². The van der Waals surface area contributed by atoms with Crippen LogP contribution in [-0.4, -0.2) is 76.9 Å². The molecule has 0 aliphatic carbocycles. The van der Waals surface area contributed by atoms with Crippen molar-refractivity contribution in [1.82, 2.24) is 14.7 Å². The number of benzene rings is 1. The second-order valence-corrected chi connectivity index (χ2v) is 8.01. The number of aliphatic hydroxyl groups is 1. The molecular weight excluding hydrogens is 348 g/mol. The van der Waals surface area contributed by atoms with Gasteiger partial charge < -0.3 is 24.5 Å². The summed E-state index contributed by atoms with van der Waals surface area (Å²) in [5, 5.41) is 21.0. The number of nitriles is 1. The summed E-state index contributed by atoms with van der Waals surface area (Å²) in [5.41, 5.74) is 0.593. The van der Waals surface area contributed by atoms with Crippen LogP contribution in [0.2, 0.25) is 0 Å². The minimum Gasteiger partial charge on any atom is -0.485 e. The van der Waals surface area contributed by atoms with Crippen LogP contribution in [0.15, 0.2) is 18.2 Å². The van der Waals surface area contributed by atoms with Gasteiger partial charge >= 0.3 is 0 Å². The smallest absolute Gasteiger partial charge is 0.172 e. The Balaban J connectivity index is 1.94. The quantitative estimate of drug-likeness (QED) is 0.749. The van der Waals surface area contributed by atoms with Crippen LogP contribution < -0.4 is 4.74 Å². The second kappa shape index (κ2) is 7.03. The number of ether oxygens (including phenoxy) is 1. The standard InChI is InChI=1S/C19H26N4O2S/c1-19(2)17(24)16(14-11-13(12-20)5-6-15(14)25-19)22(4)18(26)23-9-7-21(3)8-10-23/h5-6,11,16-17,24H,7-10H2,1-4H3/t16-,17+/m1/s1. The van der Waals surface area contributed by atoms with Gasteiger partial charge in [-0.1, -0.05) is 0 Å². The molecule has 6 nitrogen and oxygen atoms in total. The van der Waals surface area contributed by atoms with Crippen LogP contribution in [0.1, 0.15) is 31.0 Å². The first-order valence-corrected chi connectivity index (χ1v) is 9.27. The van der Waals surface area contributed by atoms with Crippen molar-refractivity contribution in [1.29, 1.82) is 5.26 Å². The van der Waals surface area contributed by atoms with Crippen LogP contribution in [0.25, 0.3) is 0 Å². The van der Waals surface area contributed by atoms with Crippen LogP contribution in [0.4, 0.5) is 0 Å². The van der Waals surface area contributed by atoms with Crippen LogP contribution in [-0.2, 0) is 0 Å². The number of aliphatic hydroxyl groups excluding tert-OH is 1. The summed E-state index contributed by atoms with van der Waals surface area (Å²) in [6, 6.07) is 7.14. The summed E-state index contributed by atoms with van der Waals surface area (Å²) in [6.45, 7) is 7.41. The first-order chi connectivity index (χ1) is 12.2. The van der Waals surface area contributed by atoms with Crippen molar-refractivity contribution in [3.05, 3.63) is 29.3 Å². The lowest BCUT2D eigenvalue weighted by molar-refractivity contribution is -0.0796. The molecule has 140 valence electrons. The van der Waals surface area contributed by atoms with Crippen LogP contribution in [0.3, 0.4) is 0 Å². The number of likely N-dealkylation sites (N-methyl/N-ethyl adjacent to an activating group) is 2. The van der Waals surface area contributed by atoms with Crippen molar-refractivity contribution in [2.75, 3.05) is 40.3 Å². The van der Waals surface area contributed by atoms with E-state index in [0.29, 0.717) is 16.4 Å². The lowest BCUT2D eigenvalue weighted by Crippen LogP contribution is -2.57. The summed E-state index contributed by atoms with van der Waals surface area (Å²) in [7, 11) is 4.02. The maximum atomic E-state index is 11.0. The molecule has 0 saturated carbocycles. The van der Waals surface area contributed by atoms with E-state index in [4.69, 9.17) is 17.0 Å². The zero-order chi connectivity index (χ0) is 19.1. The fourth-order valence-electron chi connectivity index (χ4n) is 3.60. The van der Waals surface area contributed by atoms with E-state index in [1.54, 1.807) is 18.2 Å². The van der Waals surface area contributed by atoms with Gasteiger partial charge in [0.1, 0.15) is 17.5 Å². The van der Waals surface area contributed by atoms with E-state index in [1.165, 1.54) is 0 Å². The maximum absolute atomic E-state index is 11.0. The van der Waals surface area contributed by atoms with Crippen molar-refractivity contribution in [2.24, 2.45) is 0 Å². The number of hydrogen-bond acceptors (Lipinski definition) is 5. The van der Waals surface area contributed by atoms with Crippen LogP contribution in [0.5, 0.6) is 5.75 Å². The molecule has 0 unspecified atom stereocenters. The molecule has 1 aromatic carbocycles. The SMILES string of the molecule is CN1CCN(C(=S)N(C)[C@@H]2c3cc(C#N)ccc3OC(C)(C)[C@H]2O)CC1. The second-order valence-electron chi connectivity index (χ2n) is 7.64. The van der Waals surface area contributed by atoms with E-state index < -0.39 is 11.7 Å². The van der Waals surface area contributed by atoms with E-state index in [2.05, 4.69) is 22.9 Å². The molecule has 0 amide bonds. The average Bonchev–Trinajstić information content (AvgIpc) is 2.62. The van der Waals surface area contributed by atoms with E-state index in [0.717, 1.165) is 31.7 Å². The summed E-state index contributed by atoms with van der Waals surface area (Å²) in [5.74, 6) is 0.692. The topological polar surface area (TPSA) is 63.0 Å². The lowest BCUT2D eigenvalue weighted by atomic mass is 9.85. The normalized spacial score (nSPS) is 25.0. The van der Waals surface area contributed by atoms with Crippen LogP contribution >= 0.6 is 12.2 Å². The number of hydrogen-bond donors (Lipinski definition) is 1. The highest BCUT2D eigenvalue weighted by Crippen LogP contribution is 2.43. The van der Waals surface area contributed by atoms with Gasteiger partial charge in [0.05, 0.1) is 17.7 Å². The third kappa shape index (κ3) is 3.37. The highest BCUT2D eigenvalue weighted by Gasteiger charge is 2.45. The minimum atomic E-state index is -0.778. The van der Waals surface area contributed by atoms with Crippen molar-refractivity contribution < 1.29 is 9.84 Å². The van der Waals surface area contributed by atoms with Crippen molar-refractivity contribution in [2.45, 2.75) is 31.6 Å². The molecule has 1 N–H and O–H groups in total. The molecule has 0 spiro atoms. The molecule has 26 heavy (non-hydrogen) atoms. The number of piperazine rings is 1. The summed E-state index contributed by atoms with van der Waals surface area (Å²) in [4.78, 5) is 6.41. The van der Waals surface area contributed by atoms with Crippen molar-refractivity contribution in [3.63, 3.8) is 0 Å². The Labute approximate surface area is 160 Å². The van der Waals surface area contributed by atoms with E-state index in [9.17, 15) is 10.4 Å². The van der Waals surface area contributed by atoms with Crippen molar-refractivity contribution in [3.8, 4) is 11.8 Å². The third-order valence-electron chi connectivity index (χ3n) is 5.33. The minimum absolute atomic E-state index is 0.366. The zero-order valence-electron chi connectivity index (χ0n) is 15.8. The predicted octanol–water partition coefficient (Wildman–Crippen LogP) is 1.60. The first-order valence-electron chi connectivity index (χ1n) is 8.86. The Bertz CT molecular complexity index is 738. The molecule has 2 heterocycles. The van der Waals surface area contributed by atoms with Gasteiger partial charge in [-0.05, 0) is 51.3 Å². The molecule has 0 radical (unpaired) electrons. The molecule has 0 aromatic heterocycles. The Hall–Kier alpha value is -1.88. The largest absolute Gasteiger partial charge is 0.485 e. The molecule has 2 aliphatic heterocycles. The Kier molecular flexibility index (Phi) is 5.11. The number of thiocarbonyl (C=S) groups is 1. The highest BCUT2D eigenvalue weighted by atomic mass is 32.1. The number of fused-ring (bicyclic) bond motifs is 1. The lowest BCUT2D eigenvalue weighted by Gasteiger charge is -2.47. The number of nitrogens with zero attached hydrogens (tertiary/aromatic N) is 4. The van der Waals surface area contributed by atoms with Gasteiger partial charge in [-0.3, -0.25) is 0 Å². The van der Waals surface area contributed by atoms with Gasteiger partial charge in [0.15, 0.2) is 5.11 Å². The molecule has 2 aliphatic rings. The molecular formula is C19H26N4O2S.